The van der Waals surface area contributed by atoms with Gasteiger partial charge in [0.1, 0.15) is 13.2 Å². The summed E-state index contributed by atoms with van der Waals surface area (Å²) in [5, 5.41) is 5.92. The van der Waals surface area contributed by atoms with Gasteiger partial charge >= 0.3 is 0 Å². The second kappa shape index (κ2) is 10.4. The molecule has 0 radical (unpaired) electrons. The Bertz CT molecular complexity index is 883. The number of benzene rings is 2. The first-order chi connectivity index (χ1) is 14.4. The van der Waals surface area contributed by atoms with E-state index in [0.717, 1.165) is 22.6 Å². The lowest BCUT2D eigenvalue weighted by Gasteiger charge is -2.25. The third kappa shape index (κ3) is 6.16. The van der Waals surface area contributed by atoms with Crippen LogP contribution in [0.3, 0.4) is 0 Å². The van der Waals surface area contributed by atoms with Crippen molar-refractivity contribution in [2.75, 3.05) is 30.0 Å². The largest absolute Gasteiger partial charge is 0.486 e. The molecule has 2 aromatic rings. The predicted molar refractivity (Wildman–Crippen MR) is 120 cm³/mol. The number of fused-ring (bicyclic) bond motifs is 1. The highest BCUT2D eigenvalue weighted by Gasteiger charge is 2.21. The maximum absolute atomic E-state index is 12.5. The van der Waals surface area contributed by atoms with Gasteiger partial charge in [-0.05, 0) is 42.7 Å². The highest BCUT2D eigenvalue weighted by atomic mass is 32.2. The van der Waals surface area contributed by atoms with E-state index in [2.05, 4.69) is 24.5 Å². The summed E-state index contributed by atoms with van der Waals surface area (Å²) < 4.78 is 11.2. The summed E-state index contributed by atoms with van der Waals surface area (Å²) >= 11 is 1.29. The smallest absolute Gasteiger partial charge is 0.234 e. The molecular formula is C23H28N2O4S. The van der Waals surface area contributed by atoms with Crippen LogP contribution in [0.2, 0.25) is 0 Å². The van der Waals surface area contributed by atoms with E-state index in [1.54, 1.807) is 0 Å². The Morgan fingerprint density at radius 3 is 2.33 bits per heavy atom. The lowest BCUT2D eigenvalue weighted by Crippen LogP contribution is -2.33. The highest BCUT2D eigenvalue weighted by Crippen LogP contribution is 2.34. The number of anilines is 1. The number of carbonyl (C=O) groups is 2. The molecule has 7 heteroatoms. The average molecular weight is 429 g/mol. The number of amides is 2. The van der Waals surface area contributed by atoms with Crippen molar-refractivity contribution in [2.45, 2.75) is 26.8 Å². The van der Waals surface area contributed by atoms with Crippen LogP contribution in [0.5, 0.6) is 11.5 Å². The van der Waals surface area contributed by atoms with Gasteiger partial charge in [-0.25, -0.2) is 0 Å². The van der Waals surface area contributed by atoms with Gasteiger partial charge in [0.15, 0.2) is 11.5 Å². The van der Waals surface area contributed by atoms with Crippen LogP contribution in [0, 0.1) is 12.8 Å². The molecule has 0 saturated heterocycles. The third-order valence-corrected chi connectivity index (χ3v) is 5.64. The van der Waals surface area contributed by atoms with Crippen molar-refractivity contribution in [3.05, 3.63) is 53.6 Å². The highest BCUT2D eigenvalue weighted by molar-refractivity contribution is 8.00. The van der Waals surface area contributed by atoms with Gasteiger partial charge in [0.25, 0.3) is 0 Å². The number of hydrogen-bond donors (Lipinski definition) is 2. The summed E-state index contributed by atoms with van der Waals surface area (Å²) in [5.41, 5.74) is 2.87. The number of thioether (sulfide) groups is 1. The lowest BCUT2D eigenvalue weighted by atomic mass is 9.95. The van der Waals surface area contributed by atoms with E-state index in [-0.39, 0.29) is 35.3 Å². The van der Waals surface area contributed by atoms with Crippen LogP contribution in [0.1, 0.15) is 31.0 Å². The Labute approximate surface area is 181 Å². The Morgan fingerprint density at radius 1 is 0.967 bits per heavy atom. The SMILES string of the molecule is Cc1ccc(NC(=O)CSCC(=O)NC(c2ccc3c(c2)OCCO3)C(C)C)cc1. The number of aryl methyl sites for hydroxylation is 1. The monoisotopic (exact) mass is 428 g/mol. The molecule has 0 fully saturated rings. The molecule has 0 spiro atoms. The van der Waals surface area contributed by atoms with Crippen LogP contribution < -0.4 is 20.1 Å². The van der Waals surface area contributed by atoms with E-state index in [9.17, 15) is 9.59 Å². The number of ether oxygens (including phenoxy) is 2. The molecule has 1 atom stereocenters. The van der Waals surface area contributed by atoms with Gasteiger partial charge in [0.2, 0.25) is 11.8 Å². The summed E-state index contributed by atoms with van der Waals surface area (Å²) in [4.78, 5) is 24.6. The third-order valence-electron chi connectivity index (χ3n) is 4.71. The summed E-state index contributed by atoms with van der Waals surface area (Å²) in [6.45, 7) is 7.19. The first kappa shape index (κ1) is 22.0. The minimum atomic E-state index is -0.143. The van der Waals surface area contributed by atoms with E-state index in [1.165, 1.54) is 11.8 Å². The summed E-state index contributed by atoms with van der Waals surface area (Å²) in [6.07, 6.45) is 0. The first-order valence-electron chi connectivity index (χ1n) is 10.1. The molecule has 1 aliphatic heterocycles. The fourth-order valence-corrected chi connectivity index (χ4v) is 3.80. The summed E-state index contributed by atoms with van der Waals surface area (Å²) in [6, 6.07) is 13.3. The van der Waals surface area contributed by atoms with Crippen LogP contribution in [0.25, 0.3) is 0 Å². The molecule has 2 aromatic carbocycles. The summed E-state index contributed by atoms with van der Waals surface area (Å²) in [5.74, 6) is 1.86. The molecule has 3 rings (SSSR count). The Morgan fingerprint density at radius 2 is 1.63 bits per heavy atom. The molecule has 160 valence electrons. The molecular weight excluding hydrogens is 400 g/mol. The standard InChI is InChI=1S/C23H28N2O4S/c1-15(2)23(17-6-9-19-20(12-17)29-11-10-28-19)25-22(27)14-30-13-21(26)24-18-7-4-16(3)5-8-18/h4-9,12,15,23H,10-11,13-14H2,1-3H3,(H,24,26)(H,25,27). The van der Waals surface area contributed by atoms with Crippen molar-refractivity contribution >= 4 is 29.3 Å². The molecule has 1 heterocycles. The fourth-order valence-electron chi connectivity index (χ4n) is 3.17. The van der Waals surface area contributed by atoms with Gasteiger partial charge in [-0.3, -0.25) is 9.59 Å². The van der Waals surface area contributed by atoms with Gasteiger partial charge in [-0.2, -0.15) is 0 Å². The van der Waals surface area contributed by atoms with Crippen LogP contribution in [0.15, 0.2) is 42.5 Å². The first-order valence-corrected chi connectivity index (χ1v) is 11.2. The van der Waals surface area contributed by atoms with Crippen LogP contribution >= 0.6 is 11.8 Å². The number of carbonyl (C=O) groups excluding carboxylic acids is 2. The van der Waals surface area contributed by atoms with Crippen molar-refractivity contribution in [1.82, 2.24) is 5.32 Å². The van der Waals surface area contributed by atoms with Crippen LogP contribution in [-0.4, -0.2) is 36.5 Å². The quantitative estimate of drug-likeness (QED) is 0.666. The molecule has 1 unspecified atom stereocenters. The van der Waals surface area contributed by atoms with Crippen molar-refractivity contribution in [1.29, 1.82) is 0 Å². The lowest BCUT2D eigenvalue weighted by molar-refractivity contribution is -0.119. The molecule has 0 saturated carbocycles. The molecule has 30 heavy (non-hydrogen) atoms. The fraction of sp³-hybridized carbons (Fsp3) is 0.391. The van der Waals surface area contributed by atoms with Crippen molar-refractivity contribution in [2.24, 2.45) is 5.92 Å². The van der Waals surface area contributed by atoms with Crippen LogP contribution in [0.4, 0.5) is 5.69 Å². The zero-order chi connectivity index (χ0) is 21.5. The molecule has 1 aliphatic rings. The Balaban J connectivity index is 1.49. The zero-order valence-corrected chi connectivity index (χ0v) is 18.4. The van der Waals surface area contributed by atoms with Crippen molar-refractivity contribution in [3.8, 4) is 11.5 Å². The minimum absolute atomic E-state index is 0.100. The minimum Gasteiger partial charge on any atom is -0.486 e. The topological polar surface area (TPSA) is 76.7 Å². The van der Waals surface area contributed by atoms with Gasteiger partial charge in [-0.15, -0.1) is 11.8 Å². The molecule has 2 N–H and O–H groups in total. The van der Waals surface area contributed by atoms with E-state index in [0.29, 0.717) is 19.0 Å². The Hall–Kier alpha value is -2.67. The normalized spacial score (nSPS) is 13.6. The maximum atomic E-state index is 12.5. The molecule has 2 amide bonds. The number of hydrogen-bond acceptors (Lipinski definition) is 5. The van der Waals surface area contributed by atoms with E-state index in [1.807, 2.05) is 49.4 Å². The van der Waals surface area contributed by atoms with Crippen molar-refractivity contribution < 1.29 is 19.1 Å². The van der Waals surface area contributed by atoms with Crippen LogP contribution in [-0.2, 0) is 9.59 Å². The molecule has 0 bridgehead atoms. The molecule has 0 aliphatic carbocycles. The predicted octanol–water partition coefficient (Wildman–Crippen LogP) is 3.95. The number of rotatable bonds is 8. The Kier molecular flexibility index (Phi) is 7.63. The van der Waals surface area contributed by atoms with Crippen molar-refractivity contribution in [3.63, 3.8) is 0 Å². The van der Waals surface area contributed by atoms with Gasteiger partial charge in [-0.1, -0.05) is 37.6 Å². The average Bonchev–Trinajstić information content (AvgIpc) is 2.73. The van der Waals surface area contributed by atoms with Gasteiger partial charge < -0.3 is 20.1 Å². The van der Waals surface area contributed by atoms with Gasteiger partial charge in [0.05, 0.1) is 17.5 Å². The van der Waals surface area contributed by atoms with E-state index < -0.39 is 0 Å². The molecule has 0 aromatic heterocycles. The maximum Gasteiger partial charge on any atom is 0.234 e. The summed E-state index contributed by atoms with van der Waals surface area (Å²) in [7, 11) is 0. The molecule has 6 nitrogen and oxygen atoms in total. The van der Waals surface area contributed by atoms with Gasteiger partial charge in [0, 0.05) is 5.69 Å². The van der Waals surface area contributed by atoms with E-state index in [4.69, 9.17) is 9.47 Å². The second-order valence-corrected chi connectivity index (χ2v) is 8.58. The number of nitrogens with one attached hydrogen (secondary N) is 2. The second-order valence-electron chi connectivity index (χ2n) is 7.60. The zero-order valence-electron chi connectivity index (χ0n) is 17.6. The van der Waals surface area contributed by atoms with E-state index >= 15 is 0 Å².